The molecule has 0 saturated carbocycles. The van der Waals surface area contributed by atoms with Gasteiger partial charge in [-0.1, -0.05) is 18.6 Å². The van der Waals surface area contributed by atoms with Gasteiger partial charge in [-0.3, -0.25) is 0 Å². The zero-order valence-electron chi connectivity index (χ0n) is 12.5. The van der Waals surface area contributed by atoms with E-state index < -0.39 is 0 Å². The van der Waals surface area contributed by atoms with Crippen LogP contribution in [0.15, 0.2) is 18.2 Å². The predicted molar refractivity (Wildman–Crippen MR) is 79.9 cm³/mol. The van der Waals surface area contributed by atoms with E-state index in [1.807, 2.05) is 20.8 Å². The molecule has 0 radical (unpaired) electrons. The average Bonchev–Trinajstić information content (AvgIpc) is 2.48. The molecule has 0 fully saturated rings. The number of benzene rings is 1. The molecule has 0 aliphatic carbocycles. The largest absolute Gasteiger partial charge is 0.464 e. The number of nitrogens with zero attached hydrogens (tertiary/aromatic N) is 3. The summed E-state index contributed by atoms with van der Waals surface area (Å²) in [6, 6.07) is 5.03. The number of hydrogen-bond donors (Lipinski definition) is 1. The molecule has 21 heavy (non-hydrogen) atoms. The van der Waals surface area contributed by atoms with Gasteiger partial charge in [0.1, 0.15) is 5.82 Å². The number of nitrogens with one attached hydrogen (secondary N) is 1. The Balaban J connectivity index is 2.45. The normalized spacial score (nSPS) is 10.5. The third-order valence-electron chi connectivity index (χ3n) is 2.78. The van der Waals surface area contributed by atoms with Gasteiger partial charge in [-0.05, 0) is 32.4 Å². The lowest BCUT2D eigenvalue weighted by Gasteiger charge is -2.09. The molecule has 0 saturated heterocycles. The zero-order chi connectivity index (χ0) is 15.2. The Morgan fingerprint density at radius 3 is 2.71 bits per heavy atom. The fourth-order valence-corrected chi connectivity index (χ4v) is 1.80. The van der Waals surface area contributed by atoms with Gasteiger partial charge in [0.15, 0.2) is 5.82 Å². The third kappa shape index (κ3) is 3.87. The first kappa shape index (κ1) is 15.2. The van der Waals surface area contributed by atoms with Crippen LogP contribution in [0.5, 0.6) is 6.01 Å². The lowest BCUT2D eigenvalue weighted by molar-refractivity contribution is 0.312. The number of hydrogen-bond acceptors (Lipinski definition) is 5. The number of anilines is 1. The molecule has 0 unspecified atom stereocenters. The van der Waals surface area contributed by atoms with Crippen LogP contribution in [-0.2, 0) is 0 Å². The van der Waals surface area contributed by atoms with Crippen molar-refractivity contribution in [2.24, 2.45) is 0 Å². The Bertz CT molecular complexity index is 619. The lowest BCUT2D eigenvalue weighted by atomic mass is 10.1. The minimum atomic E-state index is -0.365. The highest BCUT2D eigenvalue weighted by Gasteiger charge is 2.13. The minimum absolute atomic E-state index is 0.196. The molecule has 0 aliphatic rings. The van der Waals surface area contributed by atoms with Gasteiger partial charge < -0.3 is 10.1 Å². The molecule has 6 heteroatoms. The summed E-state index contributed by atoms with van der Waals surface area (Å²) in [6.07, 6.45) is 0.934. The van der Waals surface area contributed by atoms with E-state index in [4.69, 9.17) is 4.74 Å². The van der Waals surface area contributed by atoms with Crippen LogP contribution in [0.25, 0.3) is 11.4 Å². The van der Waals surface area contributed by atoms with Crippen LogP contribution in [0.3, 0.4) is 0 Å². The van der Waals surface area contributed by atoms with E-state index in [-0.39, 0.29) is 17.7 Å². The van der Waals surface area contributed by atoms with Crippen molar-refractivity contribution in [2.75, 3.05) is 18.5 Å². The topological polar surface area (TPSA) is 59.9 Å². The Morgan fingerprint density at radius 2 is 2.00 bits per heavy atom. The number of halogens is 1. The Hall–Kier alpha value is -2.24. The Labute approximate surface area is 123 Å². The SMILES string of the molecule is CCCNc1nc(OCC)nc(-c2cc(C)ccc2F)n1. The highest BCUT2D eigenvalue weighted by atomic mass is 19.1. The summed E-state index contributed by atoms with van der Waals surface area (Å²) in [5, 5.41) is 3.07. The first-order valence-electron chi connectivity index (χ1n) is 7.03. The fraction of sp³-hybridized carbons (Fsp3) is 0.400. The number of aryl methyl sites for hydroxylation is 1. The van der Waals surface area contributed by atoms with Crippen molar-refractivity contribution in [3.8, 4) is 17.4 Å². The summed E-state index contributed by atoms with van der Waals surface area (Å²) in [5.41, 5.74) is 1.28. The fourth-order valence-electron chi connectivity index (χ4n) is 1.80. The smallest absolute Gasteiger partial charge is 0.321 e. The van der Waals surface area contributed by atoms with Crippen molar-refractivity contribution in [1.29, 1.82) is 0 Å². The molecule has 0 bridgehead atoms. The highest BCUT2D eigenvalue weighted by Crippen LogP contribution is 2.23. The highest BCUT2D eigenvalue weighted by molar-refractivity contribution is 5.58. The first-order chi connectivity index (χ1) is 10.1. The second-order valence-corrected chi connectivity index (χ2v) is 4.61. The quantitative estimate of drug-likeness (QED) is 0.885. The van der Waals surface area contributed by atoms with Crippen LogP contribution >= 0.6 is 0 Å². The molecular weight excluding hydrogens is 271 g/mol. The maximum Gasteiger partial charge on any atom is 0.321 e. The van der Waals surface area contributed by atoms with Gasteiger partial charge in [-0.15, -0.1) is 0 Å². The third-order valence-corrected chi connectivity index (χ3v) is 2.78. The van der Waals surface area contributed by atoms with Gasteiger partial charge in [0.05, 0.1) is 12.2 Å². The zero-order valence-corrected chi connectivity index (χ0v) is 12.5. The molecule has 1 heterocycles. The Kier molecular flexibility index (Phi) is 5.03. The van der Waals surface area contributed by atoms with Gasteiger partial charge in [-0.25, -0.2) is 4.39 Å². The molecule has 0 spiro atoms. The van der Waals surface area contributed by atoms with Gasteiger partial charge >= 0.3 is 6.01 Å². The maximum absolute atomic E-state index is 14.0. The molecule has 0 amide bonds. The van der Waals surface area contributed by atoms with E-state index in [9.17, 15) is 4.39 Å². The predicted octanol–water partition coefficient (Wildman–Crippen LogP) is 3.21. The minimum Gasteiger partial charge on any atom is -0.464 e. The van der Waals surface area contributed by atoms with Gasteiger partial charge in [0.2, 0.25) is 5.95 Å². The summed E-state index contributed by atoms with van der Waals surface area (Å²) in [7, 11) is 0. The molecule has 1 aromatic carbocycles. The second-order valence-electron chi connectivity index (χ2n) is 4.61. The van der Waals surface area contributed by atoms with Crippen LogP contribution in [0, 0.1) is 12.7 Å². The maximum atomic E-state index is 14.0. The van der Waals surface area contributed by atoms with Crippen molar-refractivity contribution in [3.63, 3.8) is 0 Å². The van der Waals surface area contributed by atoms with E-state index in [1.54, 1.807) is 12.1 Å². The monoisotopic (exact) mass is 290 g/mol. The molecule has 2 rings (SSSR count). The summed E-state index contributed by atoms with van der Waals surface area (Å²) < 4.78 is 19.3. The Morgan fingerprint density at radius 1 is 1.19 bits per heavy atom. The van der Waals surface area contributed by atoms with Crippen molar-refractivity contribution in [2.45, 2.75) is 27.2 Å². The van der Waals surface area contributed by atoms with Gasteiger partial charge in [0.25, 0.3) is 0 Å². The lowest BCUT2D eigenvalue weighted by Crippen LogP contribution is -2.09. The van der Waals surface area contributed by atoms with Crippen LogP contribution in [0.4, 0.5) is 10.3 Å². The van der Waals surface area contributed by atoms with Crippen LogP contribution in [0.2, 0.25) is 0 Å². The van der Waals surface area contributed by atoms with Crippen LogP contribution < -0.4 is 10.1 Å². The van der Waals surface area contributed by atoms with E-state index in [2.05, 4.69) is 20.3 Å². The molecular formula is C15H19FN4O. The number of aromatic nitrogens is 3. The van der Waals surface area contributed by atoms with Gasteiger partial charge in [0, 0.05) is 6.54 Å². The number of ether oxygens (including phenoxy) is 1. The standard InChI is InChI=1S/C15H19FN4O/c1-4-8-17-14-18-13(19-15(20-14)21-5-2)11-9-10(3)6-7-12(11)16/h6-7,9H,4-5,8H2,1-3H3,(H,17,18,19,20). The van der Waals surface area contributed by atoms with E-state index >= 15 is 0 Å². The van der Waals surface area contributed by atoms with Crippen molar-refractivity contribution in [3.05, 3.63) is 29.6 Å². The average molecular weight is 290 g/mol. The van der Waals surface area contributed by atoms with Crippen molar-refractivity contribution < 1.29 is 9.13 Å². The van der Waals surface area contributed by atoms with Crippen molar-refractivity contribution >= 4 is 5.95 Å². The molecule has 112 valence electrons. The molecule has 1 N–H and O–H groups in total. The number of rotatable bonds is 6. The summed E-state index contributed by atoms with van der Waals surface area (Å²) >= 11 is 0. The summed E-state index contributed by atoms with van der Waals surface area (Å²) in [4.78, 5) is 12.6. The second kappa shape index (κ2) is 6.97. The summed E-state index contributed by atoms with van der Waals surface area (Å²) in [6.45, 7) is 6.94. The van der Waals surface area contributed by atoms with Crippen LogP contribution in [0.1, 0.15) is 25.8 Å². The first-order valence-corrected chi connectivity index (χ1v) is 7.03. The molecule has 5 nitrogen and oxygen atoms in total. The van der Waals surface area contributed by atoms with Crippen molar-refractivity contribution in [1.82, 2.24) is 15.0 Å². The molecule has 1 aromatic heterocycles. The van der Waals surface area contributed by atoms with E-state index in [0.717, 1.165) is 18.5 Å². The van der Waals surface area contributed by atoms with E-state index in [0.29, 0.717) is 18.1 Å². The molecule has 2 aromatic rings. The molecule has 0 aliphatic heterocycles. The van der Waals surface area contributed by atoms with Gasteiger partial charge in [-0.2, -0.15) is 15.0 Å². The van der Waals surface area contributed by atoms with Crippen LogP contribution in [-0.4, -0.2) is 28.1 Å². The molecule has 0 atom stereocenters. The van der Waals surface area contributed by atoms with E-state index in [1.165, 1.54) is 6.07 Å². The summed E-state index contributed by atoms with van der Waals surface area (Å²) in [5.74, 6) is 0.301.